The fraction of sp³-hybridized carbons (Fsp3) is 0.385. The van der Waals surface area contributed by atoms with Crippen molar-refractivity contribution in [2.24, 2.45) is 5.92 Å². The minimum atomic E-state index is -0.211. The van der Waals surface area contributed by atoms with E-state index < -0.39 is 0 Å². The summed E-state index contributed by atoms with van der Waals surface area (Å²) in [5.41, 5.74) is 2.88. The Morgan fingerprint density at radius 3 is 2.73 bits per heavy atom. The Labute approximate surface area is 90.5 Å². The smallest absolute Gasteiger partial charge is 0.164 e. The fourth-order valence-electron chi connectivity index (χ4n) is 1.49. The van der Waals surface area contributed by atoms with Gasteiger partial charge >= 0.3 is 0 Å². The van der Waals surface area contributed by atoms with E-state index >= 15 is 0 Å². The van der Waals surface area contributed by atoms with Crippen molar-refractivity contribution >= 4 is 5.78 Å². The number of Topliss-reactive ketones (excluding diaryl/α,β-unsaturated/α-hetero) is 1. The van der Waals surface area contributed by atoms with Crippen molar-refractivity contribution in [2.75, 3.05) is 0 Å². The van der Waals surface area contributed by atoms with E-state index in [4.69, 9.17) is 5.26 Å². The largest absolute Gasteiger partial charge is 0.294 e. The van der Waals surface area contributed by atoms with Gasteiger partial charge in [0.25, 0.3) is 0 Å². The molecule has 0 spiro atoms. The number of nitriles is 1. The molecule has 78 valence electrons. The van der Waals surface area contributed by atoms with E-state index in [1.54, 1.807) is 6.92 Å². The predicted octanol–water partition coefficient (Wildman–Crippen LogP) is 3.04. The summed E-state index contributed by atoms with van der Waals surface area (Å²) < 4.78 is 0. The van der Waals surface area contributed by atoms with Crippen LogP contribution in [0, 0.1) is 31.1 Å². The van der Waals surface area contributed by atoms with E-state index in [9.17, 15) is 4.79 Å². The number of aryl methyl sites for hydroxylation is 1. The second-order valence-electron chi connectivity index (χ2n) is 3.90. The molecule has 1 aromatic rings. The Morgan fingerprint density at radius 2 is 2.13 bits per heavy atom. The quantitative estimate of drug-likeness (QED) is 0.705. The van der Waals surface area contributed by atoms with Crippen LogP contribution in [0.1, 0.15) is 34.8 Å². The summed E-state index contributed by atoms with van der Waals surface area (Å²) in [5.74, 6) is -0.150. The first-order valence-electron chi connectivity index (χ1n) is 5.05. The summed E-state index contributed by atoms with van der Waals surface area (Å²) in [6.45, 7) is 5.70. The fourth-order valence-corrected chi connectivity index (χ4v) is 1.49. The third-order valence-electron chi connectivity index (χ3n) is 2.62. The third-order valence-corrected chi connectivity index (χ3v) is 2.62. The van der Waals surface area contributed by atoms with Gasteiger partial charge in [-0.2, -0.15) is 5.26 Å². The van der Waals surface area contributed by atoms with Gasteiger partial charge in [0, 0.05) is 12.0 Å². The molecule has 0 heterocycles. The molecule has 15 heavy (non-hydrogen) atoms. The van der Waals surface area contributed by atoms with Crippen molar-refractivity contribution in [1.29, 1.82) is 5.26 Å². The molecule has 0 aliphatic carbocycles. The number of carbonyl (C=O) groups excluding carboxylic acids is 1. The highest BCUT2D eigenvalue weighted by Gasteiger charge is 2.13. The highest BCUT2D eigenvalue weighted by atomic mass is 16.1. The van der Waals surface area contributed by atoms with Gasteiger partial charge < -0.3 is 0 Å². The predicted molar refractivity (Wildman–Crippen MR) is 59.6 cm³/mol. The van der Waals surface area contributed by atoms with Crippen molar-refractivity contribution < 1.29 is 4.79 Å². The van der Waals surface area contributed by atoms with E-state index in [-0.39, 0.29) is 11.7 Å². The van der Waals surface area contributed by atoms with Gasteiger partial charge in [-0.1, -0.05) is 18.2 Å². The number of rotatable bonds is 3. The lowest BCUT2D eigenvalue weighted by molar-refractivity contribution is 0.0972. The summed E-state index contributed by atoms with van der Waals surface area (Å²) in [6.07, 6.45) is 0.306. The zero-order chi connectivity index (χ0) is 11.4. The molecule has 0 fully saturated rings. The lowest BCUT2D eigenvalue weighted by Gasteiger charge is -2.07. The zero-order valence-electron chi connectivity index (χ0n) is 9.37. The summed E-state index contributed by atoms with van der Waals surface area (Å²) in [4.78, 5) is 11.8. The Balaban J connectivity index is 2.93. The maximum Gasteiger partial charge on any atom is 0.164 e. The van der Waals surface area contributed by atoms with Gasteiger partial charge in [0.2, 0.25) is 0 Å². The van der Waals surface area contributed by atoms with Crippen molar-refractivity contribution in [3.05, 3.63) is 34.9 Å². The lowest BCUT2D eigenvalue weighted by Crippen LogP contribution is -2.07. The summed E-state index contributed by atoms with van der Waals surface area (Å²) in [6, 6.07) is 7.77. The Morgan fingerprint density at radius 1 is 1.47 bits per heavy atom. The summed E-state index contributed by atoms with van der Waals surface area (Å²) >= 11 is 0. The van der Waals surface area contributed by atoms with E-state index in [1.165, 1.54) is 0 Å². The standard InChI is InChI=1S/C13H15NO/c1-9(8-14)7-13(15)12-6-4-5-10(2)11(12)3/h4-6,9H,7H2,1-3H3. The number of carbonyl (C=O) groups is 1. The van der Waals surface area contributed by atoms with Crippen molar-refractivity contribution in [2.45, 2.75) is 27.2 Å². The van der Waals surface area contributed by atoms with Crippen molar-refractivity contribution in [1.82, 2.24) is 0 Å². The van der Waals surface area contributed by atoms with Crippen LogP contribution in [0.3, 0.4) is 0 Å². The number of benzene rings is 1. The third kappa shape index (κ3) is 2.66. The number of hydrogen-bond acceptors (Lipinski definition) is 2. The van der Waals surface area contributed by atoms with Gasteiger partial charge in [0.05, 0.1) is 12.0 Å². The Kier molecular flexibility index (Phi) is 3.62. The molecule has 0 aromatic heterocycles. The molecule has 1 unspecified atom stereocenters. The molecule has 2 nitrogen and oxygen atoms in total. The van der Waals surface area contributed by atoms with Crippen molar-refractivity contribution in [3.8, 4) is 6.07 Å². The van der Waals surface area contributed by atoms with Crippen LogP contribution in [-0.2, 0) is 0 Å². The van der Waals surface area contributed by atoms with Gasteiger partial charge in [-0.15, -0.1) is 0 Å². The molecule has 1 rings (SSSR count). The number of hydrogen-bond donors (Lipinski definition) is 0. The minimum absolute atomic E-state index is 0.0604. The van der Waals surface area contributed by atoms with E-state index in [0.717, 1.165) is 16.7 Å². The average Bonchev–Trinajstić information content (AvgIpc) is 2.21. The first kappa shape index (κ1) is 11.5. The molecule has 0 bridgehead atoms. The molecule has 1 atom stereocenters. The van der Waals surface area contributed by atoms with Gasteiger partial charge in [0.15, 0.2) is 5.78 Å². The molecule has 0 saturated carbocycles. The molecule has 0 amide bonds. The Bertz CT molecular complexity index is 415. The van der Waals surface area contributed by atoms with Crippen LogP contribution in [0.2, 0.25) is 0 Å². The normalized spacial score (nSPS) is 11.9. The molecule has 2 heteroatoms. The van der Waals surface area contributed by atoms with Crippen LogP contribution < -0.4 is 0 Å². The molecule has 0 aliphatic heterocycles. The van der Waals surface area contributed by atoms with E-state index in [0.29, 0.717) is 6.42 Å². The van der Waals surface area contributed by atoms with Gasteiger partial charge in [-0.25, -0.2) is 0 Å². The topological polar surface area (TPSA) is 40.9 Å². The first-order chi connectivity index (χ1) is 7.06. The van der Waals surface area contributed by atoms with E-state index in [1.807, 2.05) is 32.0 Å². The monoisotopic (exact) mass is 201 g/mol. The SMILES string of the molecule is Cc1cccc(C(=O)CC(C)C#N)c1C. The molecule has 0 saturated heterocycles. The molecule has 0 N–H and O–H groups in total. The second kappa shape index (κ2) is 4.75. The maximum absolute atomic E-state index is 11.8. The van der Waals surface area contributed by atoms with Crippen molar-refractivity contribution in [3.63, 3.8) is 0 Å². The average molecular weight is 201 g/mol. The minimum Gasteiger partial charge on any atom is -0.294 e. The van der Waals surface area contributed by atoms with Gasteiger partial charge in [0.1, 0.15) is 0 Å². The Hall–Kier alpha value is -1.62. The number of nitrogens with zero attached hydrogens (tertiary/aromatic N) is 1. The van der Waals surface area contributed by atoms with Gasteiger partial charge in [-0.3, -0.25) is 4.79 Å². The van der Waals surface area contributed by atoms with Crippen LogP contribution in [0.5, 0.6) is 0 Å². The van der Waals surface area contributed by atoms with E-state index in [2.05, 4.69) is 6.07 Å². The summed E-state index contributed by atoms with van der Waals surface area (Å²) in [7, 11) is 0. The summed E-state index contributed by atoms with van der Waals surface area (Å²) in [5, 5.41) is 8.65. The molecule has 0 radical (unpaired) electrons. The first-order valence-corrected chi connectivity index (χ1v) is 5.05. The number of ketones is 1. The van der Waals surface area contributed by atoms with Crippen LogP contribution in [0.15, 0.2) is 18.2 Å². The molecule has 1 aromatic carbocycles. The lowest BCUT2D eigenvalue weighted by atomic mass is 9.95. The second-order valence-corrected chi connectivity index (χ2v) is 3.90. The zero-order valence-corrected chi connectivity index (χ0v) is 9.37. The van der Waals surface area contributed by atoms with Gasteiger partial charge in [-0.05, 0) is 31.9 Å². The van der Waals surface area contributed by atoms with Crippen LogP contribution in [0.4, 0.5) is 0 Å². The molecule has 0 aliphatic rings. The van der Waals surface area contributed by atoms with Crippen LogP contribution >= 0.6 is 0 Å². The maximum atomic E-state index is 11.8. The molecular weight excluding hydrogens is 186 g/mol. The van der Waals surface area contributed by atoms with Crippen LogP contribution in [0.25, 0.3) is 0 Å². The highest BCUT2D eigenvalue weighted by Crippen LogP contribution is 2.16. The van der Waals surface area contributed by atoms with Crippen LogP contribution in [-0.4, -0.2) is 5.78 Å². The highest BCUT2D eigenvalue weighted by molar-refractivity contribution is 5.97. The molecular formula is C13H15NO.